The molecule has 0 aliphatic carbocycles. The molecule has 0 N–H and O–H groups in total. The normalized spacial score (nSPS) is 17.1. The van der Waals surface area contributed by atoms with Gasteiger partial charge in [0.1, 0.15) is 28.0 Å². The number of esters is 1. The first kappa shape index (κ1) is 19.6. The number of anilines is 1. The molecule has 1 saturated heterocycles. The summed E-state index contributed by atoms with van der Waals surface area (Å²) in [4.78, 5) is 25.8. The molecule has 1 atom stereocenters. The van der Waals surface area contributed by atoms with Crippen molar-refractivity contribution in [2.24, 2.45) is 0 Å². The molecule has 1 aliphatic rings. The van der Waals surface area contributed by atoms with E-state index < -0.39 is 0 Å². The van der Waals surface area contributed by atoms with Crippen molar-refractivity contribution in [3.05, 3.63) is 22.6 Å². The van der Waals surface area contributed by atoms with Crippen molar-refractivity contribution in [2.45, 2.75) is 19.6 Å². The molecule has 0 radical (unpaired) electrons. The van der Waals surface area contributed by atoms with Crippen LogP contribution in [0.15, 0.2) is 6.33 Å². The molecule has 0 aromatic carbocycles. The average Bonchev–Trinajstić information content (AvgIpc) is 3.36. The van der Waals surface area contributed by atoms with Crippen LogP contribution in [-0.4, -0.2) is 76.7 Å². The fourth-order valence-corrected chi connectivity index (χ4v) is 4.29. The van der Waals surface area contributed by atoms with E-state index in [0.29, 0.717) is 43.5 Å². The van der Waals surface area contributed by atoms with Gasteiger partial charge in [-0.2, -0.15) is 4.80 Å². The molecule has 3 aromatic heterocycles. The highest BCUT2D eigenvalue weighted by molar-refractivity contribution is 7.20. The standard InChI is InChI=1S/C17H21N7O4S/c1-10-12-15(18-9-19-16(12)29-13(10)17(25)27-3)23-4-7-28-11(8-23)14-20-22-24(21-14)5-6-26-2/h9,11H,4-8H2,1-3H3. The van der Waals surface area contributed by atoms with Crippen LogP contribution >= 0.6 is 11.3 Å². The van der Waals surface area contributed by atoms with Crippen molar-refractivity contribution < 1.29 is 19.0 Å². The van der Waals surface area contributed by atoms with E-state index in [2.05, 4.69) is 30.3 Å². The minimum atomic E-state index is -0.367. The Bertz CT molecular complexity index is 1020. The molecular weight excluding hydrogens is 398 g/mol. The van der Waals surface area contributed by atoms with Gasteiger partial charge >= 0.3 is 5.97 Å². The van der Waals surface area contributed by atoms with Gasteiger partial charge in [-0.15, -0.1) is 21.5 Å². The maximum absolute atomic E-state index is 12.1. The van der Waals surface area contributed by atoms with Crippen molar-refractivity contribution in [1.29, 1.82) is 0 Å². The summed E-state index contributed by atoms with van der Waals surface area (Å²) < 4.78 is 15.8. The van der Waals surface area contributed by atoms with Crippen molar-refractivity contribution in [2.75, 3.05) is 45.4 Å². The highest BCUT2D eigenvalue weighted by atomic mass is 32.1. The van der Waals surface area contributed by atoms with Crippen LogP contribution in [-0.2, 0) is 20.8 Å². The number of rotatable bonds is 6. The second-order valence-electron chi connectivity index (χ2n) is 6.47. The third-order valence-corrected chi connectivity index (χ3v) is 5.88. The Balaban J connectivity index is 1.61. The lowest BCUT2D eigenvalue weighted by Gasteiger charge is -2.32. The number of hydrogen-bond donors (Lipinski definition) is 0. The number of carbonyl (C=O) groups excluding carboxylic acids is 1. The quantitative estimate of drug-likeness (QED) is 0.535. The molecule has 3 aromatic rings. The summed E-state index contributed by atoms with van der Waals surface area (Å²) in [5, 5.41) is 13.4. The second-order valence-corrected chi connectivity index (χ2v) is 7.47. The Hall–Kier alpha value is -2.70. The van der Waals surface area contributed by atoms with Crippen molar-refractivity contribution in [1.82, 2.24) is 30.2 Å². The van der Waals surface area contributed by atoms with Crippen molar-refractivity contribution in [3.8, 4) is 0 Å². The van der Waals surface area contributed by atoms with Gasteiger partial charge in [0.05, 0.1) is 38.8 Å². The van der Waals surface area contributed by atoms with Crippen LogP contribution in [0, 0.1) is 6.92 Å². The van der Waals surface area contributed by atoms with E-state index in [1.54, 1.807) is 7.11 Å². The van der Waals surface area contributed by atoms with Crippen LogP contribution in [0.3, 0.4) is 0 Å². The number of aromatic nitrogens is 6. The van der Waals surface area contributed by atoms with Gasteiger partial charge in [-0.1, -0.05) is 0 Å². The molecular formula is C17H21N7O4S. The highest BCUT2D eigenvalue weighted by Gasteiger charge is 2.29. The van der Waals surface area contributed by atoms with Crippen LogP contribution < -0.4 is 4.90 Å². The van der Waals surface area contributed by atoms with E-state index in [0.717, 1.165) is 21.6 Å². The summed E-state index contributed by atoms with van der Waals surface area (Å²) in [5.41, 5.74) is 0.819. The largest absolute Gasteiger partial charge is 0.465 e. The molecule has 0 spiro atoms. The van der Waals surface area contributed by atoms with Gasteiger partial charge in [-0.25, -0.2) is 14.8 Å². The maximum atomic E-state index is 12.1. The van der Waals surface area contributed by atoms with E-state index in [-0.39, 0.29) is 12.1 Å². The fourth-order valence-electron chi connectivity index (χ4n) is 3.23. The number of fused-ring (bicyclic) bond motifs is 1. The minimum absolute atomic E-state index is 0.330. The van der Waals surface area contributed by atoms with Gasteiger partial charge in [0.25, 0.3) is 0 Å². The Morgan fingerprint density at radius 3 is 3.03 bits per heavy atom. The summed E-state index contributed by atoms with van der Waals surface area (Å²) in [6.07, 6.45) is 1.18. The lowest BCUT2D eigenvalue weighted by atomic mass is 10.1. The van der Waals surface area contributed by atoms with Crippen LogP contribution in [0.25, 0.3) is 10.2 Å². The van der Waals surface area contributed by atoms with Crippen LogP contribution in [0.2, 0.25) is 0 Å². The lowest BCUT2D eigenvalue weighted by Crippen LogP contribution is -2.39. The predicted molar refractivity (Wildman–Crippen MR) is 104 cm³/mol. The zero-order valence-corrected chi connectivity index (χ0v) is 17.2. The second kappa shape index (κ2) is 8.35. The number of nitrogens with zero attached hydrogens (tertiary/aromatic N) is 7. The zero-order valence-electron chi connectivity index (χ0n) is 16.4. The summed E-state index contributed by atoms with van der Waals surface area (Å²) in [6, 6.07) is 0. The van der Waals surface area contributed by atoms with Gasteiger partial charge in [-0.3, -0.25) is 0 Å². The summed E-state index contributed by atoms with van der Waals surface area (Å²) >= 11 is 1.31. The molecule has 12 heteroatoms. The van der Waals surface area contributed by atoms with Crippen molar-refractivity contribution >= 4 is 33.3 Å². The number of thiophene rings is 1. The lowest BCUT2D eigenvalue weighted by molar-refractivity contribution is 0.0335. The van der Waals surface area contributed by atoms with E-state index in [1.165, 1.54) is 29.6 Å². The van der Waals surface area contributed by atoms with E-state index in [9.17, 15) is 4.79 Å². The highest BCUT2D eigenvalue weighted by Crippen LogP contribution is 2.36. The molecule has 4 heterocycles. The Morgan fingerprint density at radius 1 is 1.38 bits per heavy atom. The molecule has 1 aliphatic heterocycles. The summed E-state index contributed by atoms with van der Waals surface area (Å²) in [5.74, 6) is 0.917. The predicted octanol–water partition coefficient (Wildman–Crippen LogP) is 0.997. The molecule has 1 unspecified atom stereocenters. The average molecular weight is 419 g/mol. The first-order chi connectivity index (χ1) is 14.1. The van der Waals surface area contributed by atoms with Gasteiger partial charge in [0, 0.05) is 13.7 Å². The Labute approximate surface area is 170 Å². The zero-order chi connectivity index (χ0) is 20.4. The Kier molecular flexibility index (Phi) is 5.65. The minimum Gasteiger partial charge on any atom is -0.465 e. The van der Waals surface area contributed by atoms with E-state index in [1.807, 2.05) is 6.92 Å². The SMILES string of the molecule is COCCn1nnc(C2CN(c3ncnc4sc(C(=O)OC)c(C)c34)CCO2)n1. The van der Waals surface area contributed by atoms with Gasteiger partial charge < -0.3 is 19.1 Å². The number of carbonyl (C=O) groups is 1. The number of ether oxygens (including phenoxy) is 3. The van der Waals surface area contributed by atoms with Gasteiger partial charge in [0.2, 0.25) is 5.82 Å². The number of methoxy groups -OCH3 is 2. The van der Waals surface area contributed by atoms with Crippen LogP contribution in [0.1, 0.15) is 27.2 Å². The van der Waals surface area contributed by atoms with Gasteiger partial charge in [0.15, 0.2) is 0 Å². The fraction of sp³-hybridized carbons (Fsp3) is 0.529. The number of tetrazole rings is 1. The molecule has 0 saturated carbocycles. The molecule has 4 rings (SSSR count). The number of morpholine rings is 1. The molecule has 154 valence electrons. The van der Waals surface area contributed by atoms with E-state index in [4.69, 9.17) is 14.2 Å². The Morgan fingerprint density at radius 2 is 2.24 bits per heavy atom. The van der Waals surface area contributed by atoms with Crippen molar-refractivity contribution in [3.63, 3.8) is 0 Å². The molecule has 0 amide bonds. The first-order valence-electron chi connectivity index (χ1n) is 9.08. The smallest absolute Gasteiger partial charge is 0.348 e. The molecule has 11 nitrogen and oxygen atoms in total. The third kappa shape index (κ3) is 3.78. The van der Waals surface area contributed by atoms with Crippen LogP contribution in [0.5, 0.6) is 0 Å². The maximum Gasteiger partial charge on any atom is 0.348 e. The number of aryl methyl sites for hydroxylation is 1. The monoisotopic (exact) mass is 419 g/mol. The number of hydrogen-bond acceptors (Lipinski definition) is 11. The third-order valence-electron chi connectivity index (χ3n) is 4.70. The van der Waals surface area contributed by atoms with E-state index >= 15 is 0 Å². The first-order valence-corrected chi connectivity index (χ1v) is 9.89. The summed E-state index contributed by atoms with van der Waals surface area (Å²) in [7, 11) is 3.00. The van der Waals surface area contributed by atoms with Gasteiger partial charge in [-0.05, 0) is 17.7 Å². The summed E-state index contributed by atoms with van der Waals surface area (Å²) in [6.45, 7) is 4.59. The van der Waals surface area contributed by atoms with Crippen LogP contribution in [0.4, 0.5) is 5.82 Å². The molecule has 0 bridgehead atoms. The topological polar surface area (TPSA) is 117 Å². The molecule has 1 fully saturated rings. The molecule has 29 heavy (non-hydrogen) atoms.